The van der Waals surface area contributed by atoms with Crippen LogP contribution in [0.15, 0.2) is 0 Å². The van der Waals surface area contributed by atoms with E-state index in [-0.39, 0.29) is 6.10 Å². The largest absolute Gasteiger partial charge is 0.374 e. The molecule has 0 aromatic rings. The first-order valence-electron chi connectivity index (χ1n) is 6.37. The number of ether oxygens (including phenoxy) is 1. The van der Waals surface area contributed by atoms with Crippen LogP contribution in [0.25, 0.3) is 0 Å². The quantitative estimate of drug-likeness (QED) is 0.730. The first-order chi connectivity index (χ1) is 7.31. The summed E-state index contributed by atoms with van der Waals surface area (Å²) in [5, 5.41) is 0. The molecule has 0 amide bonds. The molecule has 90 valence electrons. The van der Waals surface area contributed by atoms with Gasteiger partial charge in [-0.2, -0.15) is 0 Å². The van der Waals surface area contributed by atoms with Gasteiger partial charge in [0.1, 0.15) is 0 Å². The number of morpholine rings is 1. The van der Waals surface area contributed by atoms with Crippen molar-refractivity contribution in [2.24, 2.45) is 5.73 Å². The van der Waals surface area contributed by atoms with Crippen molar-refractivity contribution in [1.82, 2.24) is 4.90 Å². The van der Waals surface area contributed by atoms with Gasteiger partial charge in [0, 0.05) is 25.7 Å². The van der Waals surface area contributed by atoms with Crippen LogP contribution in [0.3, 0.4) is 0 Å². The Labute approximate surface area is 94.0 Å². The Bertz CT molecular complexity index is 164. The summed E-state index contributed by atoms with van der Waals surface area (Å²) in [4.78, 5) is 2.57. The summed E-state index contributed by atoms with van der Waals surface area (Å²) in [6.07, 6.45) is 5.46. The second kappa shape index (κ2) is 7.20. The van der Waals surface area contributed by atoms with Crippen molar-refractivity contribution in [2.45, 2.75) is 51.7 Å². The van der Waals surface area contributed by atoms with Crippen LogP contribution in [-0.4, -0.2) is 43.3 Å². The molecular formula is C12H26N2O. The molecule has 2 atom stereocenters. The van der Waals surface area contributed by atoms with Gasteiger partial charge < -0.3 is 10.5 Å². The fourth-order valence-corrected chi connectivity index (χ4v) is 2.30. The Hall–Kier alpha value is -0.120. The van der Waals surface area contributed by atoms with E-state index in [0.29, 0.717) is 6.54 Å². The normalized spacial score (nSPS) is 25.4. The van der Waals surface area contributed by atoms with Gasteiger partial charge in [0.25, 0.3) is 0 Å². The van der Waals surface area contributed by atoms with Crippen LogP contribution >= 0.6 is 0 Å². The van der Waals surface area contributed by atoms with Crippen LogP contribution in [0.5, 0.6) is 0 Å². The second-order valence-corrected chi connectivity index (χ2v) is 4.43. The molecule has 3 heteroatoms. The van der Waals surface area contributed by atoms with Gasteiger partial charge in [0.15, 0.2) is 0 Å². The van der Waals surface area contributed by atoms with Crippen LogP contribution in [0.2, 0.25) is 0 Å². The van der Waals surface area contributed by atoms with E-state index in [1.165, 1.54) is 25.7 Å². The van der Waals surface area contributed by atoms with Crippen LogP contribution in [0.1, 0.15) is 39.5 Å². The molecular weight excluding hydrogens is 188 g/mol. The Balaban J connectivity index is 2.37. The third-order valence-electron chi connectivity index (χ3n) is 3.31. The van der Waals surface area contributed by atoms with Crippen LogP contribution in [-0.2, 0) is 4.74 Å². The summed E-state index contributed by atoms with van der Waals surface area (Å²) in [6.45, 7) is 8.16. The fraction of sp³-hybridized carbons (Fsp3) is 1.00. The number of rotatable bonds is 6. The third-order valence-corrected chi connectivity index (χ3v) is 3.31. The first kappa shape index (κ1) is 12.9. The summed E-state index contributed by atoms with van der Waals surface area (Å²) in [5.74, 6) is 0. The third kappa shape index (κ3) is 4.09. The van der Waals surface area contributed by atoms with Gasteiger partial charge in [-0.3, -0.25) is 4.90 Å². The monoisotopic (exact) mass is 214 g/mol. The highest BCUT2D eigenvalue weighted by Crippen LogP contribution is 2.16. The molecule has 15 heavy (non-hydrogen) atoms. The first-order valence-corrected chi connectivity index (χ1v) is 6.37. The van der Waals surface area contributed by atoms with Gasteiger partial charge >= 0.3 is 0 Å². The zero-order valence-electron chi connectivity index (χ0n) is 10.2. The lowest BCUT2D eigenvalue weighted by atomic mass is 10.0. The fourth-order valence-electron chi connectivity index (χ4n) is 2.30. The molecule has 0 saturated carbocycles. The molecule has 0 aliphatic carbocycles. The average Bonchev–Trinajstić information content (AvgIpc) is 2.30. The van der Waals surface area contributed by atoms with Crippen LogP contribution in [0.4, 0.5) is 0 Å². The minimum Gasteiger partial charge on any atom is -0.374 e. The SMILES string of the molecule is CCCCC(CC)N1CCOC(CN)C1. The molecule has 1 saturated heterocycles. The smallest absolute Gasteiger partial charge is 0.0824 e. The van der Waals surface area contributed by atoms with Gasteiger partial charge in [0.05, 0.1) is 12.7 Å². The van der Waals surface area contributed by atoms with Crippen molar-refractivity contribution in [3.63, 3.8) is 0 Å². The molecule has 0 bridgehead atoms. The van der Waals surface area contributed by atoms with Crippen LogP contribution in [0, 0.1) is 0 Å². The standard InChI is InChI=1S/C12H26N2O/c1-3-5-6-11(4-2)14-7-8-15-12(9-13)10-14/h11-12H,3-10,13H2,1-2H3. The summed E-state index contributed by atoms with van der Waals surface area (Å²) in [6, 6.07) is 0.739. The van der Waals surface area contributed by atoms with Gasteiger partial charge in [-0.1, -0.05) is 26.7 Å². The minimum atomic E-state index is 0.259. The van der Waals surface area contributed by atoms with Gasteiger partial charge in [-0.15, -0.1) is 0 Å². The highest BCUT2D eigenvalue weighted by molar-refractivity contribution is 4.78. The molecule has 1 aliphatic heterocycles. The van der Waals surface area contributed by atoms with Crippen molar-refractivity contribution in [2.75, 3.05) is 26.2 Å². The van der Waals surface area contributed by atoms with E-state index in [1.807, 2.05) is 0 Å². The Kier molecular flexibility index (Phi) is 6.22. The summed E-state index contributed by atoms with van der Waals surface area (Å²) >= 11 is 0. The van der Waals surface area contributed by atoms with Crippen molar-refractivity contribution in [3.05, 3.63) is 0 Å². The number of nitrogens with zero attached hydrogens (tertiary/aromatic N) is 1. The Morgan fingerprint density at radius 1 is 1.47 bits per heavy atom. The lowest BCUT2D eigenvalue weighted by Gasteiger charge is -2.37. The van der Waals surface area contributed by atoms with Gasteiger partial charge in [-0.05, 0) is 12.8 Å². The topological polar surface area (TPSA) is 38.5 Å². The van der Waals surface area contributed by atoms with E-state index < -0.39 is 0 Å². The van der Waals surface area contributed by atoms with E-state index in [9.17, 15) is 0 Å². The number of unbranched alkanes of at least 4 members (excludes halogenated alkanes) is 1. The van der Waals surface area contributed by atoms with Crippen molar-refractivity contribution < 1.29 is 4.74 Å². The van der Waals surface area contributed by atoms with E-state index >= 15 is 0 Å². The minimum absolute atomic E-state index is 0.259. The van der Waals surface area contributed by atoms with Crippen LogP contribution < -0.4 is 5.73 Å². The molecule has 0 aromatic carbocycles. The lowest BCUT2D eigenvalue weighted by molar-refractivity contribution is -0.0403. The lowest BCUT2D eigenvalue weighted by Crippen LogP contribution is -2.49. The molecule has 1 aliphatic rings. The maximum atomic E-state index is 5.66. The summed E-state index contributed by atoms with van der Waals surface area (Å²) < 4.78 is 5.59. The highest BCUT2D eigenvalue weighted by atomic mass is 16.5. The zero-order valence-corrected chi connectivity index (χ0v) is 10.2. The maximum Gasteiger partial charge on any atom is 0.0824 e. The van der Waals surface area contributed by atoms with E-state index in [2.05, 4.69) is 18.7 Å². The average molecular weight is 214 g/mol. The van der Waals surface area contributed by atoms with Gasteiger partial charge in [0.2, 0.25) is 0 Å². The molecule has 1 rings (SSSR count). The predicted octanol–water partition coefficient (Wildman–Crippen LogP) is 1.61. The molecule has 0 aromatic heterocycles. The number of hydrogen-bond acceptors (Lipinski definition) is 3. The Morgan fingerprint density at radius 3 is 2.87 bits per heavy atom. The van der Waals surface area contributed by atoms with E-state index in [1.54, 1.807) is 0 Å². The second-order valence-electron chi connectivity index (χ2n) is 4.43. The van der Waals surface area contributed by atoms with E-state index in [4.69, 9.17) is 10.5 Å². The molecule has 0 radical (unpaired) electrons. The predicted molar refractivity (Wildman–Crippen MR) is 64.0 cm³/mol. The van der Waals surface area contributed by atoms with Gasteiger partial charge in [-0.25, -0.2) is 0 Å². The zero-order chi connectivity index (χ0) is 11.1. The molecule has 3 nitrogen and oxygen atoms in total. The van der Waals surface area contributed by atoms with Crippen molar-refractivity contribution in [3.8, 4) is 0 Å². The summed E-state index contributed by atoms with van der Waals surface area (Å²) in [5.41, 5.74) is 5.66. The van der Waals surface area contributed by atoms with Crippen molar-refractivity contribution in [1.29, 1.82) is 0 Å². The number of nitrogens with two attached hydrogens (primary N) is 1. The highest BCUT2D eigenvalue weighted by Gasteiger charge is 2.24. The molecule has 1 heterocycles. The molecule has 2 N–H and O–H groups in total. The van der Waals surface area contributed by atoms with Crippen molar-refractivity contribution >= 4 is 0 Å². The van der Waals surface area contributed by atoms with E-state index in [0.717, 1.165) is 25.7 Å². The molecule has 1 fully saturated rings. The molecule has 0 spiro atoms. The summed E-state index contributed by atoms with van der Waals surface area (Å²) in [7, 11) is 0. The maximum absolute atomic E-state index is 5.66. The number of hydrogen-bond donors (Lipinski definition) is 1. The molecule has 2 unspecified atom stereocenters. The Morgan fingerprint density at radius 2 is 2.27 bits per heavy atom.